The third-order valence-corrected chi connectivity index (χ3v) is 3.54. The lowest BCUT2D eigenvalue weighted by Crippen LogP contribution is -2.47. The van der Waals surface area contributed by atoms with Crippen LogP contribution in [0, 0.1) is 11.7 Å². The average Bonchev–Trinajstić information content (AvgIpc) is 2.18. The zero-order valence-corrected chi connectivity index (χ0v) is 9.20. The molecule has 1 fully saturated rings. The van der Waals surface area contributed by atoms with Gasteiger partial charge in [0.25, 0.3) is 0 Å². The quantitative estimate of drug-likeness (QED) is 0.824. The maximum atomic E-state index is 13.0. The van der Waals surface area contributed by atoms with Gasteiger partial charge < -0.3 is 5.32 Å². The van der Waals surface area contributed by atoms with Gasteiger partial charge in [0.2, 0.25) is 0 Å². The minimum absolute atomic E-state index is 0.227. The van der Waals surface area contributed by atoms with E-state index in [0.29, 0.717) is 17.9 Å². The predicted octanol–water partition coefficient (Wildman–Crippen LogP) is 2.32. The van der Waals surface area contributed by atoms with Crippen molar-refractivity contribution >= 4 is 0 Å². The van der Waals surface area contributed by atoms with Gasteiger partial charge in [-0.2, -0.15) is 0 Å². The first kappa shape index (κ1) is 10.6. The lowest BCUT2D eigenvalue weighted by atomic mass is 9.65. The van der Waals surface area contributed by atoms with Crippen molar-refractivity contribution in [3.05, 3.63) is 29.8 Å². The van der Waals surface area contributed by atoms with Crippen LogP contribution in [0.25, 0.3) is 0 Å². The summed E-state index contributed by atoms with van der Waals surface area (Å²) in [6.07, 6.45) is 5.29. The van der Waals surface area contributed by atoms with Gasteiger partial charge in [0.05, 0.1) is 6.20 Å². The summed E-state index contributed by atoms with van der Waals surface area (Å²) in [4.78, 5) is 3.91. The highest BCUT2D eigenvalue weighted by molar-refractivity contribution is 5.22. The molecule has 3 heteroatoms. The number of pyridine rings is 1. The van der Waals surface area contributed by atoms with Crippen LogP contribution < -0.4 is 5.32 Å². The van der Waals surface area contributed by atoms with Crippen LogP contribution in [0.15, 0.2) is 18.5 Å². The molecule has 0 radical (unpaired) electrons. The Morgan fingerprint density at radius 1 is 1.53 bits per heavy atom. The molecular formula is C12H17FN2. The summed E-state index contributed by atoms with van der Waals surface area (Å²) < 4.78 is 13.0. The first-order valence-electron chi connectivity index (χ1n) is 5.54. The first-order chi connectivity index (χ1) is 7.26. The highest BCUT2D eigenvalue weighted by atomic mass is 19.1. The smallest absolute Gasteiger partial charge is 0.141 e. The number of halogens is 1. The standard InChI is InChI=1S/C12H17FN2/c1-3-10-11(5-12(10)14-2)8-4-9(13)7-15-6-8/h4,6-7,10-12,14H,3,5H2,1-2H3. The largest absolute Gasteiger partial charge is 0.317 e. The van der Waals surface area contributed by atoms with Crippen molar-refractivity contribution in [1.29, 1.82) is 0 Å². The van der Waals surface area contributed by atoms with E-state index in [1.54, 1.807) is 12.3 Å². The van der Waals surface area contributed by atoms with Gasteiger partial charge in [-0.3, -0.25) is 4.98 Å². The highest BCUT2D eigenvalue weighted by Crippen LogP contribution is 2.44. The summed E-state index contributed by atoms with van der Waals surface area (Å²) in [6.45, 7) is 2.19. The second kappa shape index (κ2) is 4.27. The van der Waals surface area contributed by atoms with Crippen molar-refractivity contribution < 1.29 is 4.39 Å². The van der Waals surface area contributed by atoms with Crippen LogP contribution in [0.2, 0.25) is 0 Å². The van der Waals surface area contributed by atoms with Crippen LogP contribution >= 0.6 is 0 Å². The molecule has 1 aliphatic carbocycles. The SMILES string of the molecule is CCC1C(NC)CC1c1cncc(F)c1. The van der Waals surface area contributed by atoms with Gasteiger partial charge in [-0.25, -0.2) is 4.39 Å². The van der Waals surface area contributed by atoms with Crippen molar-refractivity contribution in [2.45, 2.75) is 31.7 Å². The van der Waals surface area contributed by atoms with Gasteiger partial charge in [-0.1, -0.05) is 13.3 Å². The molecule has 0 spiro atoms. The molecule has 1 N–H and O–H groups in total. The normalized spacial score (nSPS) is 29.9. The minimum atomic E-state index is -0.227. The first-order valence-corrected chi connectivity index (χ1v) is 5.54. The van der Waals surface area contributed by atoms with Crippen molar-refractivity contribution in [3.63, 3.8) is 0 Å². The van der Waals surface area contributed by atoms with Crippen molar-refractivity contribution in [2.75, 3.05) is 7.05 Å². The van der Waals surface area contributed by atoms with E-state index in [9.17, 15) is 4.39 Å². The predicted molar refractivity (Wildman–Crippen MR) is 58.2 cm³/mol. The summed E-state index contributed by atoms with van der Waals surface area (Å²) in [5.74, 6) is 0.879. The van der Waals surface area contributed by atoms with Crippen molar-refractivity contribution in [2.24, 2.45) is 5.92 Å². The maximum absolute atomic E-state index is 13.0. The van der Waals surface area contributed by atoms with E-state index in [1.165, 1.54) is 6.20 Å². The Morgan fingerprint density at radius 2 is 2.33 bits per heavy atom. The van der Waals surface area contributed by atoms with E-state index in [2.05, 4.69) is 17.2 Å². The molecule has 3 unspecified atom stereocenters. The third kappa shape index (κ3) is 1.88. The maximum Gasteiger partial charge on any atom is 0.141 e. The van der Waals surface area contributed by atoms with E-state index >= 15 is 0 Å². The number of hydrogen-bond donors (Lipinski definition) is 1. The van der Waals surface area contributed by atoms with Crippen LogP contribution in [0.3, 0.4) is 0 Å². The van der Waals surface area contributed by atoms with Gasteiger partial charge in [-0.05, 0) is 36.9 Å². The van der Waals surface area contributed by atoms with E-state index in [4.69, 9.17) is 0 Å². The van der Waals surface area contributed by atoms with Crippen LogP contribution in [-0.2, 0) is 0 Å². The summed E-state index contributed by atoms with van der Waals surface area (Å²) in [6, 6.07) is 2.20. The molecule has 3 atom stereocenters. The molecular weight excluding hydrogens is 191 g/mol. The second-order valence-corrected chi connectivity index (χ2v) is 4.25. The highest BCUT2D eigenvalue weighted by Gasteiger charge is 2.39. The van der Waals surface area contributed by atoms with Gasteiger partial charge in [-0.15, -0.1) is 0 Å². The van der Waals surface area contributed by atoms with Crippen LogP contribution in [0.1, 0.15) is 31.2 Å². The van der Waals surface area contributed by atoms with E-state index in [1.807, 2.05) is 7.05 Å². The number of rotatable bonds is 3. The molecule has 15 heavy (non-hydrogen) atoms. The average molecular weight is 208 g/mol. The summed E-state index contributed by atoms with van der Waals surface area (Å²) >= 11 is 0. The van der Waals surface area contributed by atoms with E-state index < -0.39 is 0 Å². The molecule has 1 aromatic heterocycles. The summed E-state index contributed by atoms with van der Waals surface area (Å²) in [7, 11) is 1.99. The number of aromatic nitrogens is 1. The van der Waals surface area contributed by atoms with Crippen molar-refractivity contribution in [1.82, 2.24) is 10.3 Å². The summed E-state index contributed by atoms with van der Waals surface area (Å²) in [5.41, 5.74) is 1.05. The molecule has 0 aliphatic heterocycles. The second-order valence-electron chi connectivity index (χ2n) is 4.25. The monoisotopic (exact) mass is 208 g/mol. The van der Waals surface area contributed by atoms with Crippen LogP contribution in [-0.4, -0.2) is 18.1 Å². The molecule has 2 nitrogen and oxygen atoms in total. The molecule has 82 valence electrons. The van der Waals surface area contributed by atoms with E-state index in [0.717, 1.165) is 18.4 Å². The van der Waals surface area contributed by atoms with E-state index in [-0.39, 0.29) is 5.82 Å². The molecule has 0 saturated heterocycles. The zero-order chi connectivity index (χ0) is 10.8. The third-order valence-electron chi connectivity index (χ3n) is 3.54. The summed E-state index contributed by atoms with van der Waals surface area (Å²) in [5, 5.41) is 3.30. The molecule has 1 aliphatic rings. The van der Waals surface area contributed by atoms with Crippen LogP contribution in [0.4, 0.5) is 4.39 Å². The number of hydrogen-bond acceptors (Lipinski definition) is 2. The Hall–Kier alpha value is -0.960. The molecule has 0 amide bonds. The van der Waals surface area contributed by atoms with Gasteiger partial charge in [0, 0.05) is 12.2 Å². The Balaban J connectivity index is 2.13. The molecule has 1 saturated carbocycles. The zero-order valence-electron chi connectivity index (χ0n) is 9.20. The Bertz CT molecular complexity index is 340. The van der Waals surface area contributed by atoms with Gasteiger partial charge >= 0.3 is 0 Å². The molecule has 1 heterocycles. The fourth-order valence-corrected chi connectivity index (χ4v) is 2.62. The Labute approximate surface area is 89.9 Å². The fourth-order valence-electron chi connectivity index (χ4n) is 2.62. The lowest BCUT2D eigenvalue weighted by Gasteiger charge is -2.44. The Kier molecular flexibility index (Phi) is 3.00. The minimum Gasteiger partial charge on any atom is -0.317 e. The fraction of sp³-hybridized carbons (Fsp3) is 0.583. The molecule has 0 bridgehead atoms. The molecule has 0 aromatic carbocycles. The van der Waals surface area contributed by atoms with Gasteiger partial charge in [0.15, 0.2) is 0 Å². The van der Waals surface area contributed by atoms with Gasteiger partial charge in [0.1, 0.15) is 5.82 Å². The number of nitrogens with zero attached hydrogens (tertiary/aromatic N) is 1. The topological polar surface area (TPSA) is 24.9 Å². The Morgan fingerprint density at radius 3 is 2.93 bits per heavy atom. The number of nitrogens with one attached hydrogen (secondary N) is 1. The molecule has 2 rings (SSSR count). The van der Waals surface area contributed by atoms with Crippen molar-refractivity contribution in [3.8, 4) is 0 Å². The molecule has 1 aromatic rings. The van der Waals surface area contributed by atoms with Crippen LogP contribution in [0.5, 0.6) is 0 Å². The lowest BCUT2D eigenvalue weighted by molar-refractivity contribution is 0.168.